The third-order valence-corrected chi connectivity index (χ3v) is 8.37. The number of hydrogen-bond donors (Lipinski definition) is 2. The maximum absolute atomic E-state index is 13.6. The Labute approximate surface area is 183 Å². The normalized spacial score (nSPS) is 33.8. The molecule has 2 aromatic rings. The number of amides is 1. The van der Waals surface area contributed by atoms with E-state index in [0.29, 0.717) is 23.4 Å². The van der Waals surface area contributed by atoms with E-state index in [1.165, 1.54) is 32.1 Å². The lowest BCUT2D eigenvalue weighted by Crippen LogP contribution is -2.55. The van der Waals surface area contributed by atoms with Crippen LogP contribution in [-0.2, 0) is 0 Å². The van der Waals surface area contributed by atoms with Crippen molar-refractivity contribution < 1.29 is 9.90 Å². The lowest BCUT2D eigenvalue weighted by atomic mass is 9.54. The summed E-state index contributed by atoms with van der Waals surface area (Å²) in [6.07, 6.45) is 10.2. The van der Waals surface area contributed by atoms with Gasteiger partial charge in [0.05, 0.1) is 24.5 Å². The van der Waals surface area contributed by atoms with Gasteiger partial charge in [-0.15, -0.1) is 0 Å². The number of benzene rings is 1. The van der Waals surface area contributed by atoms with Gasteiger partial charge in [0.15, 0.2) is 0 Å². The fourth-order valence-corrected chi connectivity index (χ4v) is 7.23. The topological polar surface area (TPSA) is 70.4 Å². The quantitative estimate of drug-likeness (QED) is 0.778. The predicted octanol–water partition coefficient (Wildman–Crippen LogP) is 3.39. The first kappa shape index (κ1) is 19.4. The summed E-state index contributed by atoms with van der Waals surface area (Å²) >= 11 is 0. The maximum Gasteiger partial charge on any atom is 0.256 e. The third kappa shape index (κ3) is 3.27. The molecule has 4 bridgehead atoms. The van der Waals surface area contributed by atoms with Crippen molar-refractivity contribution >= 4 is 11.7 Å². The molecule has 164 valence electrons. The van der Waals surface area contributed by atoms with Gasteiger partial charge < -0.3 is 15.3 Å². The Morgan fingerprint density at radius 1 is 1.06 bits per heavy atom. The van der Waals surface area contributed by atoms with Crippen LogP contribution in [0.5, 0.6) is 0 Å². The number of aliphatic hydroxyl groups excluding tert-OH is 1. The van der Waals surface area contributed by atoms with Gasteiger partial charge in [-0.3, -0.25) is 4.79 Å². The van der Waals surface area contributed by atoms with Gasteiger partial charge in [0.2, 0.25) is 0 Å². The molecule has 4 aliphatic carbocycles. The second kappa shape index (κ2) is 7.66. The van der Waals surface area contributed by atoms with Crippen LogP contribution in [0.4, 0.5) is 5.82 Å². The van der Waals surface area contributed by atoms with E-state index in [1.807, 2.05) is 35.0 Å². The summed E-state index contributed by atoms with van der Waals surface area (Å²) in [4.78, 5) is 15.8. The van der Waals surface area contributed by atoms with E-state index in [-0.39, 0.29) is 18.6 Å². The zero-order valence-corrected chi connectivity index (χ0v) is 18.0. The van der Waals surface area contributed by atoms with Gasteiger partial charge in [-0.25, -0.2) is 4.68 Å². The van der Waals surface area contributed by atoms with Crippen molar-refractivity contribution in [1.29, 1.82) is 0 Å². The van der Waals surface area contributed by atoms with E-state index < -0.39 is 0 Å². The highest BCUT2D eigenvalue weighted by molar-refractivity contribution is 5.99. The molecule has 31 heavy (non-hydrogen) atoms. The largest absolute Gasteiger partial charge is 0.394 e. The molecule has 1 aromatic carbocycles. The number of aliphatic hydroxyl groups is 1. The van der Waals surface area contributed by atoms with E-state index in [2.05, 4.69) is 15.3 Å². The molecule has 1 atom stereocenters. The van der Waals surface area contributed by atoms with Gasteiger partial charge in [0.1, 0.15) is 11.4 Å². The summed E-state index contributed by atoms with van der Waals surface area (Å²) in [5.41, 5.74) is 1.58. The van der Waals surface area contributed by atoms with Crippen molar-refractivity contribution in [1.82, 2.24) is 15.1 Å². The summed E-state index contributed by atoms with van der Waals surface area (Å²) in [6, 6.07) is 10.3. The summed E-state index contributed by atoms with van der Waals surface area (Å²) in [6.45, 7) is 0.929. The molecule has 0 unspecified atom stereocenters. The zero-order valence-electron chi connectivity index (χ0n) is 18.0. The summed E-state index contributed by atoms with van der Waals surface area (Å²) in [5, 5.41) is 18.0. The van der Waals surface area contributed by atoms with Gasteiger partial charge >= 0.3 is 0 Å². The second-order valence-electron chi connectivity index (χ2n) is 10.2. The molecule has 7 rings (SSSR count). The van der Waals surface area contributed by atoms with Crippen LogP contribution < -0.4 is 10.2 Å². The lowest BCUT2D eigenvalue weighted by molar-refractivity contribution is -0.0119. The number of para-hydroxylation sites is 1. The van der Waals surface area contributed by atoms with Crippen LogP contribution >= 0.6 is 0 Å². The monoisotopic (exact) mass is 420 g/mol. The minimum atomic E-state index is -0.00163. The van der Waals surface area contributed by atoms with Crippen molar-refractivity contribution in [3.8, 4) is 5.69 Å². The first-order valence-electron chi connectivity index (χ1n) is 12.0. The Morgan fingerprint density at radius 2 is 1.77 bits per heavy atom. The first-order valence-corrected chi connectivity index (χ1v) is 12.0. The van der Waals surface area contributed by atoms with Crippen LogP contribution in [0, 0.1) is 23.7 Å². The van der Waals surface area contributed by atoms with Crippen LogP contribution in [-0.4, -0.2) is 46.0 Å². The maximum atomic E-state index is 13.6. The highest BCUT2D eigenvalue weighted by Crippen LogP contribution is 2.53. The molecule has 1 saturated heterocycles. The van der Waals surface area contributed by atoms with E-state index in [1.54, 1.807) is 6.20 Å². The highest BCUT2D eigenvalue weighted by atomic mass is 16.3. The Morgan fingerprint density at radius 3 is 2.45 bits per heavy atom. The standard InChI is InChI=1S/C25H32N4O2/c30-15-21-7-4-8-28(21)25-22(14-26-29(25)20-5-2-1-3-6-20)24(31)27-23-18-10-16-9-17(12-18)13-19(23)11-16/h1-3,5-6,14,16-19,21,23,30H,4,7-13,15H2,(H,27,31)/t16?,17?,18?,19?,21-,23?/m0/s1. The molecule has 0 spiro atoms. The molecule has 2 heterocycles. The van der Waals surface area contributed by atoms with Crippen molar-refractivity contribution in [3.05, 3.63) is 42.1 Å². The number of nitrogens with zero attached hydrogens (tertiary/aromatic N) is 3. The van der Waals surface area contributed by atoms with E-state index in [0.717, 1.165) is 42.7 Å². The van der Waals surface area contributed by atoms with Gasteiger partial charge in [-0.2, -0.15) is 5.10 Å². The lowest BCUT2D eigenvalue weighted by Gasteiger charge is -2.54. The van der Waals surface area contributed by atoms with Gasteiger partial charge in [-0.05, 0) is 80.8 Å². The van der Waals surface area contributed by atoms with Crippen LogP contribution in [0.15, 0.2) is 36.5 Å². The Kier molecular flexibility index (Phi) is 4.78. The van der Waals surface area contributed by atoms with E-state index >= 15 is 0 Å². The van der Waals surface area contributed by atoms with Crippen LogP contribution in [0.25, 0.3) is 5.69 Å². The predicted molar refractivity (Wildman–Crippen MR) is 119 cm³/mol. The van der Waals surface area contributed by atoms with Crippen molar-refractivity contribution in [2.24, 2.45) is 23.7 Å². The van der Waals surface area contributed by atoms with E-state index in [9.17, 15) is 9.90 Å². The number of anilines is 1. The number of carbonyl (C=O) groups is 1. The molecular formula is C25H32N4O2. The summed E-state index contributed by atoms with van der Waals surface area (Å²) < 4.78 is 1.87. The fourth-order valence-electron chi connectivity index (χ4n) is 7.23. The Bertz CT molecular complexity index is 928. The minimum absolute atomic E-state index is 0.00163. The average molecular weight is 421 g/mol. The smallest absolute Gasteiger partial charge is 0.256 e. The van der Waals surface area contributed by atoms with Crippen molar-refractivity contribution in [2.75, 3.05) is 18.1 Å². The summed E-state index contributed by atoms with van der Waals surface area (Å²) in [5.74, 6) is 3.89. The molecule has 0 radical (unpaired) electrons. The molecule has 6 nitrogen and oxygen atoms in total. The zero-order chi connectivity index (χ0) is 20.9. The van der Waals surface area contributed by atoms with Crippen molar-refractivity contribution in [3.63, 3.8) is 0 Å². The number of rotatable bonds is 5. The molecule has 4 saturated carbocycles. The molecule has 2 N–H and O–H groups in total. The number of hydrogen-bond acceptors (Lipinski definition) is 4. The molecule has 5 fully saturated rings. The number of nitrogens with one attached hydrogen (secondary N) is 1. The minimum Gasteiger partial charge on any atom is -0.394 e. The van der Waals surface area contributed by atoms with Gasteiger partial charge in [-0.1, -0.05) is 18.2 Å². The number of carbonyl (C=O) groups excluding carboxylic acids is 1. The third-order valence-electron chi connectivity index (χ3n) is 8.37. The molecular weight excluding hydrogens is 388 g/mol. The molecule has 5 aliphatic rings. The van der Waals surface area contributed by atoms with Gasteiger partial charge in [0.25, 0.3) is 5.91 Å². The summed E-state index contributed by atoms with van der Waals surface area (Å²) in [7, 11) is 0. The fraction of sp³-hybridized carbons (Fsp3) is 0.600. The van der Waals surface area contributed by atoms with Crippen LogP contribution in [0.3, 0.4) is 0 Å². The van der Waals surface area contributed by atoms with E-state index in [4.69, 9.17) is 0 Å². The number of aromatic nitrogens is 2. The SMILES string of the molecule is O=C(NC1C2CC3CC(C2)CC1C3)c1cnn(-c2ccccc2)c1N1CCC[C@H]1CO. The average Bonchev–Trinajstić information content (AvgIpc) is 3.42. The van der Waals surface area contributed by atoms with Crippen molar-refractivity contribution in [2.45, 2.75) is 57.0 Å². The second-order valence-corrected chi connectivity index (χ2v) is 10.2. The molecule has 1 aliphatic heterocycles. The molecule has 6 heteroatoms. The highest BCUT2D eigenvalue weighted by Gasteiger charge is 2.49. The van der Waals surface area contributed by atoms with Crippen LogP contribution in [0.2, 0.25) is 0 Å². The first-order chi connectivity index (χ1) is 15.2. The molecule has 1 amide bonds. The molecule has 1 aromatic heterocycles. The Balaban J connectivity index is 1.33. The Hall–Kier alpha value is -2.34. The van der Waals surface area contributed by atoms with Gasteiger partial charge in [0, 0.05) is 12.6 Å². The van der Waals surface area contributed by atoms with Crippen LogP contribution in [0.1, 0.15) is 55.3 Å².